The monoisotopic (exact) mass is 187 g/mol. The van der Waals surface area contributed by atoms with E-state index in [-0.39, 0.29) is 11.7 Å². The Morgan fingerprint density at radius 3 is 2.23 bits per heavy atom. The summed E-state index contributed by atoms with van der Waals surface area (Å²) < 4.78 is 0. The number of β-amino-alcohol motifs (C(OH)–C–C–N with tert-alkyl or cyclic N) is 2. The Hall–Kier alpha value is -0.450. The molecule has 0 spiro atoms. The van der Waals surface area contributed by atoms with Gasteiger partial charge in [0.15, 0.2) is 0 Å². The number of nitrogens with zero attached hydrogens (tertiary/aromatic N) is 1. The molecule has 0 aromatic rings. The van der Waals surface area contributed by atoms with Crippen LogP contribution in [0.2, 0.25) is 0 Å². The van der Waals surface area contributed by atoms with Crippen LogP contribution in [0.3, 0.4) is 0 Å². The summed E-state index contributed by atoms with van der Waals surface area (Å²) in [7, 11) is 0. The molecule has 2 N–H and O–H groups in total. The molecule has 0 saturated carbocycles. The van der Waals surface area contributed by atoms with Crippen molar-refractivity contribution in [2.24, 2.45) is 5.92 Å². The molecule has 4 nitrogen and oxygen atoms in total. The van der Waals surface area contributed by atoms with E-state index in [0.717, 1.165) is 0 Å². The van der Waals surface area contributed by atoms with Gasteiger partial charge in [0.2, 0.25) is 0 Å². The van der Waals surface area contributed by atoms with Crippen LogP contribution in [0, 0.1) is 5.92 Å². The number of carbonyl (C=O) groups is 1. The number of aliphatic hydroxyl groups excluding tert-OH is 2. The van der Waals surface area contributed by atoms with Gasteiger partial charge in [-0.25, -0.2) is 0 Å². The summed E-state index contributed by atoms with van der Waals surface area (Å²) in [6, 6.07) is 0. The largest absolute Gasteiger partial charge is 0.389 e. The summed E-state index contributed by atoms with van der Waals surface area (Å²) in [6.07, 6.45) is -1.39. The number of ketones is 1. The standard InChI is InChI=1S/C9H17NO3/c1-6(2)7(11)3-10-4-8(12)9(13)5-10/h6,8-9,12-13H,3-5H2,1-2H3/t8-,9-/m1/s1. The first-order valence-corrected chi connectivity index (χ1v) is 4.62. The van der Waals surface area contributed by atoms with Crippen molar-refractivity contribution in [2.75, 3.05) is 19.6 Å². The molecule has 1 heterocycles. The predicted octanol–water partition coefficient (Wildman–Crippen LogP) is -0.751. The minimum atomic E-state index is -0.694. The molecule has 1 aliphatic rings. The summed E-state index contributed by atoms with van der Waals surface area (Å²) in [5.74, 6) is 0.177. The van der Waals surface area contributed by atoms with E-state index in [4.69, 9.17) is 0 Å². The number of rotatable bonds is 3. The molecule has 0 bridgehead atoms. The smallest absolute Gasteiger partial charge is 0.149 e. The fraction of sp³-hybridized carbons (Fsp3) is 0.889. The summed E-state index contributed by atoms with van der Waals surface area (Å²) in [5.41, 5.74) is 0. The Kier molecular flexibility index (Phi) is 3.41. The maximum absolute atomic E-state index is 11.3. The van der Waals surface area contributed by atoms with Gasteiger partial charge in [-0.1, -0.05) is 13.8 Å². The van der Waals surface area contributed by atoms with Gasteiger partial charge in [0.1, 0.15) is 5.78 Å². The number of hydrogen-bond acceptors (Lipinski definition) is 4. The maximum atomic E-state index is 11.3. The van der Waals surface area contributed by atoms with Crippen LogP contribution in [0.5, 0.6) is 0 Å². The van der Waals surface area contributed by atoms with E-state index >= 15 is 0 Å². The molecule has 2 atom stereocenters. The predicted molar refractivity (Wildman–Crippen MR) is 48.3 cm³/mol. The molecule has 0 aromatic carbocycles. The number of likely N-dealkylation sites (tertiary alicyclic amines) is 1. The normalized spacial score (nSPS) is 29.9. The van der Waals surface area contributed by atoms with Crippen molar-refractivity contribution < 1.29 is 15.0 Å². The van der Waals surface area contributed by atoms with Crippen LogP contribution in [0.1, 0.15) is 13.8 Å². The molecule has 13 heavy (non-hydrogen) atoms. The van der Waals surface area contributed by atoms with E-state index in [9.17, 15) is 15.0 Å². The Morgan fingerprint density at radius 2 is 1.85 bits per heavy atom. The SMILES string of the molecule is CC(C)C(=O)CN1C[C@@H](O)[C@H](O)C1. The molecule has 1 rings (SSSR count). The van der Waals surface area contributed by atoms with Crippen molar-refractivity contribution >= 4 is 5.78 Å². The lowest BCUT2D eigenvalue weighted by molar-refractivity contribution is -0.122. The fourth-order valence-corrected chi connectivity index (χ4v) is 1.38. The maximum Gasteiger partial charge on any atom is 0.149 e. The molecule has 0 aromatic heterocycles. The molecule has 4 heteroatoms. The van der Waals surface area contributed by atoms with Gasteiger partial charge in [-0.3, -0.25) is 9.69 Å². The Morgan fingerprint density at radius 1 is 1.38 bits per heavy atom. The first-order valence-electron chi connectivity index (χ1n) is 4.62. The Balaban J connectivity index is 2.36. The van der Waals surface area contributed by atoms with Crippen LogP contribution in [-0.2, 0) is 4.79 Å². The van der Waals surface area contributed by atoms with Crippen LogP contribution in [0.15, 0.2) is 0 Å². The van der Waals surface area contributed by atoms with Gasteiger partial charge in [0.25, 0.3) is 0 Å². The summed E-state index contributed by atoms with van der Waals surface area (Å²) in [6.45, 7) is 4.85. The molecule has 1 aliphatic heterocycles. The number of hydrogen-bond donors (Lipinski definition) is 2. The topological polar surface area (TPSA) is 60.8 Å². The zero-order valence-electron chi connectivity index (χ0n) is 8.10. The van der Waals surface area contributed by atoms with Gasteiger partial charge >= 0.3 is 0 Å². The zero-order valence-corrected chi connectivity index (χ0v) is 8.10. The van der Waals surface area contributed by atoms with Gasteiger partial charge in [0, 0.05) is 19.0 Å². The van der Waals surface area contributed by atoms with Crippen molar-refractivity contribution in [3.8, 4) is 0 Å². The van der Waals surface area contributed by atoms with Crippen molar-refractivity contribution in [1.82, 2.24) is 4.90 Å². The lowest BCUT2D eigenvalue weighted by Gasteiger charge is -2.14. The second-order valence-electron chi connectivity index (χ2n) is 3.95. The Labute approximate surface area is 78.2 Å². The first kappa shape index (κ1) is 10.6. The molecule has 1 fully saturated rings. The van der Waals surface area contributed by atoms with E-state index in [1.54, 1.807) is 4.90 Å². The van der Waals surface area contributed by atoms with Gasteiger partial charge in [-0.15, -0.1) is 0 Å². The molecule has 76 valence electrons. The highest BCUT2D eigenvalue weighted by Crippen LogP contribution is 2.10. The molecule has 0 unspecified atom stereocenters. The Bertz CT molecular complexity index is 183. The van der Waals surface area contributed by atoms with Crippen LogP contribution in [-0.4, -0.2) is 52.7 Å². The lowest BCUT2D eigenvalue weighted by Crippen LogP contribution is -2.31. The molecule has 1 saturated heterocycles. The highest BCUT2D eigenvalue weighted by molar-refractivity contribution is 5.82. The van der Waals surface area contributed by atoms with Crippen molar-refractivity contribution in [3.05, 3.63) is 0 Å². The van der Waals surface area contributed by atoms with Crippen molar-refractivity contribution in [2.45, 2.75) is 26.1 Å². The van der Waals surface area contributed by atoms with Crippen molar-refractivity contribution in [3.63, 3.8) is 0 Å². The third-order valence-corrected chi connectivity index (χ3v) is 2.36. The molecular weight excluding hydrogens is 170 g/mol. The van der Waals surface area contributed by atoms with E-state index in [2.05, 4.69) is 0 Å². The average molecular weight is 187 g/mol. The van der Waals surface area contributed by atoms with Crippen LogP contribution < -0.4 is 0 Å². The molecule has 0 aliphatic carbocycles. The zero-order chi connectivity index (χ0) is 10.0. The van der Waals surface area contributed by atoms with Gasteiger partial charge < -0.3 is 10.2 Å². The summed E-state index contributed by atoms with van der Waals surface area (Å²) >= 11 is 0. The fourth-order valence-electron chi connectivity index (χ4n) is 1.38. The van der Waals surface area contributed by atoms with Crippen LogP contribution in [0.25, 0.3) is 0 Å². The quantitative estimate of drug-likeness (QED) is 0.610. The minimum Gasteiger partial charge on any atom is -0.389 e. The number of aliphatic hydroxyl groups is 2. The molecular formula is C9H17NO3. The molecule has 0 amide bonds. The number of carbonyl (C=O) groups excluding carboxylic acids is 1. The second kappa shape index (κ2) is 4.17. The minimum absolute atomic E-state index is 0.0230. The van der Waals surface area contributed by atoms with Gasteiger partial charge in [-0.2, -0.15) is 0 Å². The second-order valence-corrected chi connectivity index (χ2v) is 3.95. The van der Waals surface area contributed by atoms with Crippen molar-refractivity contribution in [1.29, 1.82) is 0 Å². The third kappa shape index (κ3) is 2.76. The van der Waals surface area contributed by atoms with Gasteiger partial charge in [0.05, 0.1) is 18.8 Å². The third-order valence-electron chi connectivity index (χ3n) is 2.36. The highest BCUT2D eigenvalue weighted by atomic mass is 16.3. The van der Waals surface area contributed by atoms with E-state index in [0.29, 0.717) is 19.6 Å². The van der Waals surface area contributed by atoms with Gasteiger partial charge in [-0.05, 0) is 0 Å². The number of Topliss-reactive ketones (excluding diaryl/α,β-unsaturated/α-hetero) is 1. The van der Waals surface area contributed by atoms with Crippen LogP contribution >= 0.6 is 0 Å². The summed E-state index contributed by atoms with van der Waals surface area (Å²) in [5, 5.41) is 18.4. The summed E-state index contributed by atoms with van der Waals surface area (Å²) in [4.78, 5) is 13.1. The molecule has 0 radical (unpaired) electrons. The van der Waals surface area contributed by atoms with E-state index in [1.165, 1.54) is 0 Å². The highest BCUT2D eigenvalue weighted by Gasteiger charge is 2.30. The van der Waals surface area contributed by atoms with Crippen LogP contribution in [0.4, 0.5) is 0 Å². The average Bonchev–Trinajstić information content (AvgIpc) is 2.31. The lowest BCUT2D eigenvalue weighted by atomic mass is 10.1. The van der Waals surface area contributed by atoms with E-state index < -0.39 is 12.2 Å². The van der Waals surface area contributed by atoms with E-state index in [1.807, 2.05) is 13.8 Å². The first-order chi connectivity index (χ1) is 6.00.